The van der Waals surface area contributed by atoms with Gasteiger partial charge in [-0.15, -0.1) is 0 Å². The van der Waals surface area contributed by atoms with Crippen LogP contribution in [-0.4, -0.2) is 16.8 Å². The molecular weight excluding hydrogens is 338 g/mol. The molecule has 4 nitrogen and oxygen atoms in total. The molecule has 0 aliphatic rings. The van der Waals surface area contributed by atoms with Crippen LogP contribution < -0.4 is 5.32 Å². The molecule has 2 aromatic rings. The molecule has 2 rings (SSSR count). The Bertz CT molecular complexity index is 822. The molecule has 0 spiro atoms. The predicted octanol–water partition coefficient (Wildman–Crippen LogP) is 4.24. The van der Waals surface area contributed by atoms with Crippen molar-refractivity contribution in [1.82, 2.24) is 0 Å². The van der Waals surface area contributed by atoms with Gasteiger partial charge in [0.05, 0.1) is 5.71 Å². The van der Waals surface area contributed by atoms with Crippen molar-refractivity contribution in [3.05, 3.63) is 76.3 Å². The largest absolute Gasteiger partial charge is 0.478 e. The van der Waals surface area contributed by atoms with Crippen LogP contribution >= 0.6 is 11.6 Å². The van der Waals surface area contributed by atoms with E-state index in [2.05, 4.69) is 5.32 Å². The van der Waals surface area contributed by atoms with Crippen molar-refractivity contribution in [2.24, 2.45) is 0 Å². The fourth-order valence-corrected chi connectivity index (χ4v) is 2.17. The van der Waals surface area contributed by atoms with Gasteiger partial charge in [-0.3, -0.25) is 0 Å². The van der Waals surface area contributed by atoms with E-state index in [0.717, 1.165) is 24.3 Å². The van der Waals surface area contributed by atoms with Crippen molar-refractivity contribution < 1.29 is 18.7 Å². The molecule has 0 aromatic heterocycles. The molecule has 2 aromatic carbocycles. The van der Waals surface area contributed by atoms with Gasteiger partial charge in [0.15, 0.2) is 0 Å². The topological polar surface area (TPSA) is 73.2 Å². The van der Waals surface area contributed by atoms with Crippen LogP contribution in [-0.2, 0) is 11.3 Å². The number of carboxylic acids is 1. The lowest BCUT2D eigenvalue weighted by Gasteiger charge is -2.13. The minimum atomic E-state index is -1.17. The highest BCUT2D eigenvalue weighted by Crippen LogP contribution is 2.23. The molecule has 24 heavy (non-hydrogen) atoms. The number of allylic oxidation sites excluding steroid dienone is 1. The van der Waals surface area contributed by atoms with Gasteiger partial charge in [0.25, 0.3) is 0 Å². The molecule has 0 radical (unpaired) electrons. The zero-order chi connectivity index (χ0) is 17.7. The van der Waals surface area contributed by atoms with Gasteiger partial charge >= 0.3 is 5.97 Å². The Kier molecular flexibility index (Phi) is 5.65. The van der Waals surface area contributed by atoms with Crippen molar-refractivity contribution in [1.29, 1.82) is 5.41 Å². The van der Waals surface area contributed by atoms with Crippen LogP contribution in [0.15, 0.2) is 48.6 Å². The second-order valence-electron chi connectivity index (χ2n) is 4.86. The van der Waals surface area contributed by atoms with Gasteiger partial charge in [0.1, 0.15) is 11.6 Å². The summed E-state index contributed by atoms with van der Waals surface area (Å²) in [7, 11) is 0. The lowest BCUT2D eigenvalue weighted by molar-refractivity contribution is -0.131. The van der Waals surface area contributed by atoms with Crippen molar-refractivity contribution in [2.45, 2.75) is 6.54 Å². The molecule has 0 amide bonds. The summed E-state index contributed by atoms with van der Waals surface area (Å²) >= 11 is 5.94. The maximum absolute atomic E-state index is 13.7. The number of hydrogen-bond acceptors (Lipinski definition) is 3. The fourth-order valence-electron chi connectivity index (χ4n) is 2.00. The van der Waals surface area contributed by atoms with Crippen LogP contribution in [0.3, 0.4) is 0 Å². The quantitative estimate of drug-likeness (QED) is 0.539. The first-order valence-electron chi connectivity index (χ1n) is 6.84. The molecule has 0 unspecified atom stereocenters. The van der Waals surface area contributed by atoms with Crippen LogP contribution in [0.5, 0.6) is 0 Å². The second-order valence-corrected chi connectivity index (χ2v) is 5.30. The van der Waals surface area contributed by atoms with Crippen LogP contribution in [0, 0.1) is 17.0 Å². The zero-order valence-corrected chi connectivity index (χ0v) is 13.1. The smallest absolute Gasteiger partial charge is 0.328 e. The molecule has 0 atom stereocenters. The Labute approximate surface area is 141 Å². The lowest BCUT2D eigenvalue weighted by Crippen LogP contribution is -2.07. The van der Waals surface area contributed by atoms with E-state index in [1.54, 1.807) is 18.2 Å². The van der Waals surface area contributed by atoms with E-state index in [1.165, 1.54) is 6.07 Å². The summed E-state index contributed by atoms with van der Waals surface area (Å²) in [5.74, 6) is -2.52. The van der Waals surface area contributed by atoms with E-state index in [0.29, 0.717) is 16.3 Å². The molecule has 0 aliphatic heterocycles. The fraction of sp³-hybridized carbons (Fsp3) is 0.0588. The molecule has 0 heterocycles. The van der Waals surface area contributed by atoms with Crippen molar-refractivity contribution >= 4 is 29.0 Å². The number of carbonyl (C=O) groups is 1. The standard InChI is InChI=1S/C17H13ClF2N2O2/c18-11-2-4-13(15(21)5-6-17(23)24)16(7-11)22-9-10-1-3-12(19)8-14(10)20/h1-8,21-22H,9H2,(H,23,24)/b6-5+,21-15?. The maximum atomic E-state index is 13.7. The van der Waals surface area contributed by atoms with Gasteiger partial charge in [0.2, 0.25) is 0 Å². The van der Waals surface area contributed by atoms with E-state index < -0.39 is 17.6 Å². The van der Waals surface area contributed by atoms with Crippen LogP contribution in [0.2, 0.25) is 5.02 Å². The molecule has 0 bridgehead atoms. The molecule has 0 fully saturated rings. The Hall–Kier alpha value is -2.73. The number of halogens is 3. The van der Waals surface area contributed by atoms with Gasteiger partial charge in [-0.25, -0.2) is 13.6 Å². The monoisotopic (exact) mass is 350 g/mol. The number of rotatable bonds is 6. The molecule has 0 saturated carbocycles. The Morgan fingerprint density at radius 2 is 1.96 bits per heavy atom. The van der Waals surface area contributed by atoms with Crippen LogP contribution in [0.25, 0.3) is 0 Å². The van der Waals surface area contributed by atoms with Crippen LogP contribution in [0.1, 0.15) is 11.1 Å². The SMILES string of the molecule is N=C(/C=C/C(=O)O)c1ccc(Cl)cc1NCc1ccc(F)cc1F. The van der Waals surface area contributed by atoms with Gasteiger partial charge in [-0.1, -0.05) is 17.7 Å². The minimum absolute atomic E-state index is 0.0452. The first-order chi connectivity index (χ1) is 11.4. The average molecular weight is 351 g/mol. The Balaban J connectivity index is 2.24. The summed E-state index contributed by atoms with van der Waals surface area (Å²) < 4.78 is 26.6. The third-order valence-corrected chi connectivity index (χ3v) is 3.38. The van der Waals surface area contributed by atoms with E-state index in [9.17, 15) is 13.6 Å². The lowest BCUT2D eigenvalue weighted by atomic mass is 10.1. The number of aliphatic carboxylic acids is 1. The highest BCUT2D eigenvalue weighted by atomic mass is 35.5. The van der Waals surface area contributed by atoms with Crippen molar-refractivity contribution in [3.63, 3.8) is 0 Å². The zero-order valence-electron chi connectivity index (χ0n) is 12.3. The minimum Gasteiger partial charge on any atom is -0.478 e. The van der Waals surface area contributed by atoms with Crippen LogP contribution in [0.4, 0.5) is 14.5 Å². The first kappa shape index (κ1) is 17.6. The van der Waals surface area contributed by atoms with Gasteiger partial charge in [-0.2, -0.15) is 0 Å². The molecule has 124 valence electrons. The summed E-state index contributed by atoms with van der Waals surface area (Å²) in [6.07, 6.45) is 1.98. The van der Waals surface area contributed by atoms with Crippen molar-refractivity contribution in [2.75, 3.05) is 5.32 Å². The van der Waals surface area contributed by atoms with E-state index in [1.807, 2.05) is 0 Å². The number of benzene rings is 2. The number of carboxylic acid groups (broad SMARTS) is 1. The Morgan fingerprint density at radius 3 is 2.62 bits per heavy atom. The van der Waals surface area contributed by atoms with Gasteiger partial charge in [0, 0.05) is 40.5 Å². The highest BCUT2D eigenvalue weighted by molar-refractivity contribution is 6.31. The summed E-state index contributed by atoms with van der Waals surface area (Å²) in [6, 6.07) is 7.91. The molecule has 0 aliphatic carbocycles. The van der Waals surface area contributed by atoms with Gasteiger partial charge < -0.3 is 15.8 Å². The first-order valence-corrected chi connectivity index (χ1v) is 7.22. The third kappa shape index (κ3) is 4.63. The third-order valence-electron chi connectivity index (χ3n) is 3.15. The van der Waals surface area contributed by atoms with E-state index in [-0.39, 0.29) is 17.8 Å². The molecule has 7 heteroatoms. The summed E-state index contributed by atoms with van der Waals surface area (Å²) in [5, 5.41) is 19.9. The second kappa shape index (κ2) is 7.70. The van der Waals surface area contributed by atoms with E-state index in [4.69, 9.17) is 22.1 Å². The van der Waals surface area contributed by atoms with Gasteiger partial charge in [-0.05, 0) is 30.3 Å². The Morgan fingerprint density at radius 1 is 1.21 bits per heavy atom. The maximum Gasteiger partial charge on any atom is 0.328 e. The molecule has 0 saturated heterocycles. The highest BCUT2D eigenvalue weighted by Gasteiger charge is 2.09. The predicted molar refractivity (Wildman–Crippen MR) is 88.7 cm³/mol. The normalized spacial score (nSPS) is 10.8. The summed E-state index contributed by atoms with van der Waals surface area (Å²) in [5.41, 5.74) is 1.04. The molecular formula is C17H13ClF2N2O2. The number of hydrogen-bond donors (Lipinski definition) is 3. The number of anilines is 1. The summed E-state index contributed by atoms with van der Waals surface area (Å²) in [6.45, 7) is 0.0510. The summed E-state index contributed by atoms with van der Waals surface area (Å²) in [4.78, 5) is 10.6. The van der Waals surface area contributed by atoms with E-state index >= 15 is 0 Å². The molecule has 3 N–H and O–H groups in total. The van der Waals surface area contributed by atoms with Crippen molar-refractivity contribution in [3.8, 4) is 0 Å². The number of nitrogens with one attached hydrogen (secondary N) is 2. The average Bonchev–Trinajstić information content (AvgIpc) is 2.52.